The number of carbonyl (C=O) groups is 5. The summed E-state index contributed by atoms with van der Waals surface area (Å²) < 4.78 is 200. The van der Waals surface area contributed by atoms with Crippen LogP contribution >= 0.6 is 0 Å². The summed E-state index contributed by atoms with van der Waals surface area (Å²) in [5.74, 6) is 3.30. The number of hydrogen-bond donors (Lipinski definition) is 1. The highest BCUT2D eigenvalue weighted by atomic mass is 19.4. The van der Waals surface area contributed by atoms with Gasteiger partial charge in [-0.3, -0.25) is 24.3 Å². The number of hydrogen-bond acceptors (Lipinski definition) is 21. The second-order valence-electron chi connectivity index (χ2n) is 38.9. The van der Waals surface area contributed by atoms with Crippen molar-refractivity contribution < 1.29 is 110 Å². The number of halogens is 12. The predicted octanol–water partition coefficient (Wildman–Crippen LogP) is 24.6. The Hall–Kier alpha value is -14.7. The van der Waals surface area contributed by atoms with E-state index in [-0.39, 0.29) is 49.4 Å². The molecule has 3 aliphatic carbocycles. The number of amides is 3. The first kappa shape index (κ1) is 103. The molecule has 3 aromatic heterocycles. The number of anilines is 3. The number of aliphatic hydroxyl groups excluding tert-OH is 1. The number of aromatic nitrogens is 6. The number of rotatable bonds is 24. The Morgan fingerprint density at radius 3 is 1.03 bits per heavy atom. The number of carbonyl (C=O) groups excluding carboxylic acids is 5. The molecule has 7 heterocycles. The molecule has 3 saturated carbocycles. The number of alkyl halides is 12. The summed E-state index contributed by atoms with van der Waals surface area (Å²) in [6.45, 7) is 15.5. The Balaban J connectivity index is 0.000000150. The Labute approximate surface area is 834 Å². The Morgan fingerprint density at radius 2 is 0.733 bits per heavy atom. The normalized spacial score (nSPS) is 17.5. The first-order chi connectivity index (χ1) is 69.0. The topological polar surface area (TPSA) is 258 Å². The summed E-state index contributed by atoms with van der Waals surface area (Å²) in [4.78, 5) is 103. The van der Waals surface area contributed by atoms with Crippen LogP contribution in [0.5, 0.6) is 17.2 Å². The molecule has 0 unspecified atom stereocenters. The van der Waals surface area contributed by atoms with Gasteiger partial charge < -0.3 is 48.2 Å². The minimum atomic E-state index is -5.06. The van der Waals surface area contributed by atoms with Gasteiger partial charge in [0, 0.05) is 104 Å². The van der Waals surface area contributed by atoms with E-state index in [0.717, 1.165) is 93.0 Å². The van der Waals surface area contributed by atoms with Crippen LogP contribution < -0.4 is 28.9 Å². The average Bonchev–Trinajstić information content (AvgIpc) is 1.55. The number of ether oxygens (including phenoxy) is 6. The summed E-state index contributed by atoms with van der Waals surface area (Å²) in [7, 11) is 11.9. The molecule has 4 aliphatic heterocycles. The summed E-state index contributed by atoms with van der Waals surface area (Å²) in [6.07, 6.45) is -15.8. The van der Waals surface area contributed by atoms with Crippen LogP contribution in [0, 0.1) is 40.5 Å². The summed E-state index contributed by atoms with van der Waals surface area (Å²) in [5.41, 5.74) is 9.36. The van der Waals surface area contributed by atoms with E-state index < -0.39 is 100 Å². The van der Waals surface area contributed by atoms with E-state index in [0.29, 0.717) is 182 Å². The lowest BCUT2D eigenvalue weighted by atomic mass is 9.70. The van der Waals surface area contributed by atoms with Gasteiger partial charge >= 0.3 is 43.0 Å². The number of nitrogens with zero attached hydrogens (tertiary/aromatic N) is 12. The number of Topliss-reactive ketones (excluding diaryl/α,β-unsaturated/α-hetero) is 2. The van der Waals surface area contributed by atoms with E-state index in [9.17, 15) is 81.8 Å². The first-order valence-corrected chi connectivity index (χ1v) is 47.3. The highest BCUT2D eigenvalue weighted by Crippen LogP contribution is 2.61. The molecule has 9 aromatic carbocycles. The lowest BCUT2D eigenvalue weighted by Gasteiger charge is -2.46. The molecule has 0 bridgehead atoms. The maximum absolute atomic E-state index is 13.8. The highest BCUT2D eigenvalue weighted by molar-refractivity contribution is 5.96. The zero-order chi connectivity index (χ0) is 105. The average molecular weight is 2020 g/mol. The number of aryl methyl sites for hydroxylation is 5. The van der Waals surface area contributed by atoms with E-state index in [2.05, 4.69) is 21.9 Å². The van der Waals surface area contributed by atoms with Crippen LogP contribution in [0.4, 0.5) is 84.9 Å². The van der Waals surface area contributed by atoms with Gasteiger partial charge in [0.1, 0.15) is 17.2 Å². The van der Waals surface area contributed by atoms with Gasteiger partial charge in [-0.1, -0.05) is 90.8 Å². The van der Waals surface area contributed by atoms with Gasteiger partial charge in [-0.25, -0.2) is 44.3 Å². The lowest BCUT2D eigenvalue weighted by Crippen LogP contribution is -2.53. The molecular weight excluding hydrogens is 1910 g/mol. The van der Waals surface area contributed by atoms with Crippen molar-refractivity contribution in [3.63, 3.8) is 0 Å². The molecular formula is C110H106F12N12O12. The fourth-order valence-electron chi connectivity index (χ4n) is 20.3. The standard InChI is InChI=1S/C38H36F6N4O4.2C36H35F3N4O4/c1-21-17-47(18-21)34-45-16-30(29-14-24(6-8-32(29)51-3)28-7-5-23(20-49)11-22(28)2)31(46-34)19-48-35(50)52-33(36(48)9-4-10-36)25-12-26(37(39,40)41)15-27(13-25)38(42,43)44;2*1-20-13-25(16-26(14-20)36(37,38)39)32-35(11-12-35)43(34(45)47-32)19-30-29(18-40-33(41-30)42(4)5)28-17-24(8-10-31(28)46-6)27-9-7-23(22(3)44)15-21(27)2/h5-8,11-16,21,33,49H,4,9-10,17-20H2,1-3H3;2*7-10,13-18,32H,11-12,19H2,1-6H3/t33-;2*32-/m110/s1. The van der Waals surface area contributed by atoms with Gasteiger partial charge in [0.25, 0.3) is 0 Å². The lowest BCUT2D eigenvalue weighted by molar-refractivity contribution is -0.143. The number of methoxy groups -OCH3 is 3. The largest absolute Gasteiger partial charge is 0.496 e. The van der Waals surface area contributed by atoms with Crippen molar-refractivity contribution >= 4 is 47.7 Å². The van der Waals surface area contributed by atoms with Gasteiger partial charge in [-0.2, -0.15) is 52.7 Å². The van der Waals surface area contributed by atoms with Gasteiger partial charge in [0.2, 0.25) is 17.8 Å². The zero-order valence-electron chi connectivity index (χ0n) is 82.7. The number of ketones is 2. The monoisotopic (exact) mass is 2010 g/mol. The maximum Gasteiger partial charge on any atom is 0.416 e. The number of aliphatic hydroxyl groups is 1. The molecule has 7 fully saturated rings. The molecule has 0 radical (unpaired) electrons. The molecule has 24 nitrogen and oxygen atoms in total. The van der Waals surface area contributed by atoms with Crippen molar-refractivity contribution in [3.05, 3.63) is 283 Å². The van der Waals surface area contributed by atoms with Crippen LogP contribution in [-0.4, -0.2) is 159 Å². The first-order valence-electron chi connectivity index (χ1n) is 47.3. The molecule has 762 valence electrons. The van der Waals surface area contributed by atoms with Gasteiger partial charge in [0.15, 0.2) is 29.9 Å². The van der Waals surface area contributed by atoms with Crippen LogP contribution in [-0.2, 0) is 65.2 Å². The smallest absolute Gasteiger partial charge is 0.416 e. The molecule has 3 amide bonds. The zero-order valence-corrected chi connectivity index (χ0v) is 82.7. The van der Waals surface area contributed by atoms with Crippen LogP contribution in [0.15, 0.2) is 182 Å². The van der Waals surface area contributed by atoms with E-state index >= 15 is 0 Å². The highest BCUT2D eigenvalue weighted by Gasteiger charge is 2.66. The molecule has 146 heavy (non-hydrogen) atoms. The van der Waals surface area contributed by atoms with Crippen LogP contribution in [0.2, 0.25) is 0 Å². The van der Waals surface area contributed by atoms with Crippen molar-refractivity contribution in [2.45, 2.75) is 186 Å². The van der Waals surface area contributed by atoms with Gasteiger partial charge in [0.05, 0.1) is 104 Å². The second-order valence-corrected chi connectivity index (χ2v) is 38.9. The third-order valence-corrected chi connectivity index (χ3v) is 28.3. The molecule has 1 N–H and O–H groups in total. The van der Waals surface area contributed by atoms with Crippen molar-refractivity contribution in [2.75, 3.05) is 77.3 Å². The third-order valence-electron chi connectivity index (χ3n) is 28.3. The summed E-state index contributed by atoms with van der Waals surface area (Å²) in [5, 5.41) is 9.62. The molecule has 3 spiro atoms. The Kier molecular flexibility index (Phi) is 27.7. The van der Waals surface area contributed by atoms with Crippen molar-refractivity contribution in [1.29, 1.82) is 0 Å². The fourth-order valence-corrected chi connectivity index (χ4v) is 20.3. The van der Waals surface area contributed by atoms with Gasteiger partial charge in [-0.05, 0) is 263 Å². The molecule has 3 atom stereocenters. The van der Waals surface area contributed by atoms with E-state index in [1.54, 1.807) is 96.6 Å². The van der Waals surface area contributed by atoms with Crippen LogP contribution in [0.1, 0.15) is 194 Å². The molecule has 4 saturated heterocycles. The number of benzene rings is 9. The predicted molar refractivity (Wildman–Crippen MR) is 522 cm³/mol. The SMILES string of the molecule is COc1ccc(-c2ccc(C(C)=O)cc2C)cc1-c1cnc(N(C)C)nc1CN1C(=O)O[C@@H](c2cc(C)cc(C(F)(F)F)c2)C12CC2.COc1ccc(-c2ccc(C(C)=O)cc2C)cc1-c1cnc(N(C)C)nc1CN1C(=O)O[C@H](c2cc(C)cc(C(F)(F)F)c2)C12CC2.COc1ccc(-c2ccc(CO)cc2C)cc1-c1cnc(N2CC(C)C2)nc1CN1C(=O)O[C@H](c2cc(C(F)(F)F)cc(C(F)(F)F)c2)C12CCC2. The molecule has 7 aliphatic rings. The van der Waals surface area contributed by atoms with E-state index in [1.807, 2.05) is 145 Å². The molecule has 12 aromatic rings. The number of cyclic esters (lactones) is 3. The Bertz CT molecular complexity index is 6850. The van der Waals surface area contributed by atoms with Crippen LogP contribution in [0.3, 0.4) is 0 Å². The Morgan fingerprint density at radius 1 is 0.404 bits per heavy atom. The van der Waals surface area contributed by atoms with Gasteiger partial charge in [-0.15, -0.1) is 0 Å². The minimum absolute atomic E-state index is 0.0165. The second kappa shape index (κ2) is 39.3. The van der Waals surface area contributed by atoms with E-state index in [4.69, 9.17) is 43.4 Å². The molecule has 36 heteroatoms. The summed E-state index contributed by atoms with van der Waals surface area (Å²) >= 11 is 0. The minimum Gasteiger partial charge on any atom is -0.496 e. The van der Waals surface area contributed by atoms with Crippen molar-refractivity contribution in [1.82, 2.24) is 44.6 Å². The van der Waals surface area contributed by atoms with Crippen molar-refractivity contribution in [2.24, 2.45) is 5.92 Å². The van der Waals surface area contributed by atoms with Crippen molar-refractivity contribution in [3.8, 4) is 84.0 Å². The maximum atomic E-state index is 13.8. The quantitative estimate of drug-likeness (QED) is 0.0335. The van der Waals surface area contributed by atoms with Crippen LogP contribution in [0.25, 0.3) is 66.8 Å². The fraction of sp³-hybridized carbons (Fsp3) is 0.355. The molecule has 19 rings (SSSR count). The third kappa shape index (κ3) is 20.2. The van der Waals surface area contributed by atoms with E-state index in [1.165, 1.54) is 25.9 Å². The summed E-state index contributed by atoms with van der Waals surface area (Å²) in [6, 6.07) is 42.9.